The zero-order chi connectivity index (χ0) is 18.1. The molecule has 0 bridgehead atoms. The molecule has 1 unspecified atom stereocenters. The van der Waals surface area contributed by atoms with Crippen molar-refractivity contribution in [3.63, 3.8) is 0 Å². The van der Waals surface area contributed by atoms with Crippen molar-refractivity contribution in [2.45, 2.75) is 26.4 Å². The van der Waals surface area contributed by atoms with Crippen LogP contribution < -0.4 is 14.7 Å². The van der Waals surface area contributed by atoms with Crippen LogP contribution in [0.4, 0.5) is 0 Å². The van der Waals surface area contributed by atoms with Crippen LogP contribution in [0.25, 0.3) is 0 Å². The fourth-order valence-corrected chi connectivity index (χ4v) is 3.16. The highest BCUT2D eigenvalue weighted by Crippen LogP contribution is 2.50. The molecular formula is C14H19O8P2-3. The smallest absolute Gasteiger partial charge is 0.272 e. The summed E-state index contributed by atoms with van der Waals surface area (Å²) >= 11 is 0. The Morgan fingerprint density at radius 3 is 2.46 bits per heavy atom. The van der Waals surface area contributed by atoms with Crippen molar-refractivity contribution in [1.82, 2.24) is 0 Å². The van der Waals surface area contributed by atoms with Gasteiger partial charge in [0, 0.05) is 6.61 Å². The summed E-state index contributed by atoms with van der Waals surface area (Å²) in [5, 5.41) is 0. The largest absolute Gasteiger partial charge is 0.790 e. The molecule has 0 amide bonds. The zero-order valence-electron chi connectivity index (χ0n) is 13.2. The van der Waals surface area contributed by atoms with Gasteiger partial charge in [-0.1, -0.05) is 42.0 Å². The molecule has 0 aromatic heterocycles. The summed E-state index contributed by atoms with van der Waals surface area (Å²) in [6.45, 7) is 2.42. The minimum absolute atomic E-state index is 0.405. The molecule has 10 heteroatoms. The first kappa shape index (κ1) is 21.2. The van der Waals surface area contributed by atoms with E-state index in [9.17, 15) is 23.8 Å². The third-order valence-electron chi connectivity index (χ3n) is 2.84. The molecule has 1 aromatic rings. The molecule has 0 saturated carbocycles. The van der Waals surface area contributed by atoms with E-state index in [2.05, 4.69) is 8.83 Å². The maximum atomic E-state index is 11.0. The monoisotopic (exact) mass is 377 g/mol. The van der Waals surface area contributed by atoms with Crippen LogP contribution in [0.15, 0.2) is 42.0 Å². The molecule has 0 saturated heterocycles. The van der Waals surface area contributed by atoms with Gasteiger partial charge in [0.2, 0.25) is 0 Å². The molecule has 1 aromatic carbocycles. The first-order chi connectivity index (χ1) is 11.2. The van der Waals surface area contributed by atoms with Crippen molar-refractivity contribution in [3.05, 3.63) is 47.5 Å². The van der Waals surface area contributed by atoms with E-state index in [1.54, 1.807) is 6.92 Å². The van der Waals surface area contributed by atoms with Gasteiger partial charge >= 0.3 is 0 Å². The van der Waals surface area contributed by atoms with E-state index in [1.165, 1.54) is 6.08 Å². The molecule has 0 radical (unpaired) electrons. The molecule has 24 heavy (non-hydrogen) atoms. The molecule has 136 valence electrons. The quantitative estimate of drug-likeness (QED) is 0.320. The maximum absolute atomic E-state index is 11.0. The Labute approximate surface area is 140 Å². The predicted molar refractivity (Wildman–Crippen MR) is 81.3 cm³/mol. The van der Waals surface area contributed by atoms with Crippen LogP contribution in [-0.2, 0) is 29.3 Å². The second kappa shape index (κ2) is 10.2. The lowest BCUT2D eigenvalue weighted by Gasteiger charge is -2.34. The van der Waals surface area contributed by atoms with E-state index < -0.39 is 22.3 Å². The van der Waals surface area contributed by atoms with Crippen LogP contribution >= 0.6 is 15.6 Å². The number of benzene rings is 1. The van der Waals surface area contributed by atoms with Crippen LogP contribution in [0.1, 0.15) is 25.3 Å². The van der Waals surface area contributed by atoms with Gasteiger partial charge < -0.3 is 28.5 Å². The van der Waals surface area contributed by atoms with E-state index in [0.29, 0.717) is 19.6 Å². The van der Waals surface area contributed by atoms with Crippen molar-refractivity contribution in [1.29, 1.82) is 0 Å². The summed E-state index contributed by atoms with van der Waals surface area (Å²) in [6.07, 6.45) is 2.85. The number of ether oxygens (including phenoxy) is 1. The van der Waals surface area contributed by atoms with Crippen LogP contribution in [-0.4, -0.2) is 13.2 Å². The Morgan fingerprint density at radius 2 is 1.83 bits per heavy atom. The highest BCUT2D eigenvalue weighted by Gasteiger charge is 2.10. The minimum atomic E-state index is -5.64. The Hall–Kier alpha value is -0.820. The number of rotatable bonds is 11. The average Bonchev–Trinajstić information content (AvgIpc) is 2.45. The number of hydrogen-bond donors (Lipinski definition) is 0. The molecular weight excluding hydrogens is 358 g/mol. The highest BCUT2D eigenvalue weighted by molar-refractivity contribution is 7.58. The highest BCUT2D eigenvalue weighted by atomic mass is 31.3. The van der Waals surface area contributed by atoms with Gasteiger partial charge in [0.1, 0.15) is 0 Å². The van der Waals surface area contributed by atoms with E-state index in [4.69, 9.17) is 4.74 Å². The first-order valence-electron chi connectivity index (χ1n) is 7.14. The van der Waals surface area contributed by atoms with Crippen molar-refractivity contribution < 1.29 is 37.4 Å². The number of phosphoric acid groups is 2. The Balaban J connectivity index is 2.18. The van der Waals surface area contributed by atoms with Gasteiger partial charge in [0.05, 0.1) is 21.0 Å². The summed E-state index contributed by atoms with van der Waals surface area (Å²) in [7, 11) is -10.8. The lowest BCUT2D eigenvalue weighted by Crippen LogP contribution is -2.19. The number of allylic oxidation sites excluding steroid dienone is 1. The fraction of sp³-hybridized carbons (Fsp3) is 0.429. The lowest BCUT2D eigenvalue weighted by molar-refractivity contribution is -0.339. The van der Waals surface area contributed by atoms with Gasteiger partial charge in [-0.2, -0.15) is 0 Å². The van der Waals surface area contributed by atoms with Crippen LogP contribution in [0.2, 0.25) is 0 Å². The second-order valence-electron chi connectivity index (χ2n) is 4.96. The van der Waals surface area contributed by atoms with Crippen molar-refractivity contribution in [2.75, 3.05) is 13.2 Å². The summed E-state index contributed by atoms with van der Waals surface area (Å²) in [5.41, 5.74) is 1.92. The summed E-state index contributed by atoms with van der Waals surface area (Å²) in [4.78, 5) is 31.5. The summed E-state index contributed by atoms with van der Waals surface area (Å²) in [6, 6.07) is 9.73. The fourth-order valence-electron chi connectivity index (χ4n) is 1.74. The zero-order valence-corrected chi connectivity index (χ0v) is 14.9. The van der Waals surface area contributed by atoms with Crippen LogP contribution in [0, 0.1) is 0 Å². The second-order valence-corrected chi connectivity index (χ2v) is 7.66. The van der Waals surface area contributed by atoms with Gasteiger partial charge in [-0.05, 0) is 25.3 Å². The molecule has 0 aliphatic carbocycles. The summed E-state index contributed by atoms with van der Waals surface area (Å²) < 4.78 is 34.3. The molecule has 0 aliphatic heterocycles. The molecule has 0 aliphatic rings. The lowest BCUT2D eigenvalue weighted by atomic mass is 10.1. The Bertz CT molecular complexity index is 610. The molecule has 0 spiro atoms. The maximum Gasteiger partial charge on any atom is 0.272 e. The Kier molecular flexibility index (Phi) is 9.05. The molecule has 0 heterocycles. The van der Waals surface area contributed by atoms with Gasteiger partial charge in [-0.25, -0.2) is 0 Å². The van der Waals surface area contributed by atoms with E-state index in [1.807, 2.05) is 30.3 Å². The first-order valence-corrected chi connectivity index (χ1v) is 10.1. The topological polar surface area (TPSA) is 131 Å². The van der Waals surface area contributed by atoms with Crippen LogP contribution in [0.5, 0.6) is 0 Å². The van der Waals surface area contributed by atoms with Gasteiger partial charge in [0.15, 0.2) is 0 Å². The average molecular weight is 377 g/mol. The van der Waals surface area contributed by atoms with Crippen molar-refractivity contribution >= 4 is 15.6 Å². The minimum Gasteiger partial charge on any atom is -0.790 e. The van der Waals surface area contributed by atoms with E-state index in [-0.39, 0.29) is 0 Å². The molecule has 1 atom stereocenters. The summed E-state index contributed by atoms with van der Waals surface area (Å²) in [5.74, 6) is 0. The SMILES string of the molecule is C/C(=C\COP(=O)([O-])OP(=O)([O-])[O-])CCCOCc1ccccc1. The Morgan fingerprint density at radius 1 is 1.17 bits per heavy atom. The molecule has 8 nitrogen and oxygen atoms in total. The standard InChI is InChI=1S/C14H22O8P2/c1-13(9-11-21-24(18,19)22-23(15,16)17)6-5-10-20-12-14-7-3-2-4-8-14/h2-4,7-9H,5-6,10-12H2,1H3,(H,18,19)(H2,15,16,17)/p-3/b13-9+. The number of phosphoric ester groups is 1. The third-order valence-corrected chi connectivity index (χ3v) is 4.90. The third kappa shape index (κ3) is 10.9. The molecule has 0 fully saturated rings. The van der Waals surface area contributed by atoms with Gasteiger partial charge in [-0.15, -0.1) is 0 Å². The van der Waals surface area contributed by atoms with Crippen molar-refractivity contribution in [2.24, 2.45) is 0 Å². The van der Waals surface area contributed by atoms with E-state index in [0.717, 1.165) is 17.6 Å². The molecule has 0 N–H and O–H groups in total. The van der Waals surface area contributed by atoms with Crippen LogP contribution in [0.3, 0.4) is 0 Å². The molecule has 1 rings (SSSR count). The normalized spacial score (nSPS) is 15.2. The van der Waals surface area contributed by atoms with E-state index >= 15 is 0 Å². The van der Waals surface area contributed by atoms with Crippen molar-refractivity contribution in [3.8, 4) is 0 Å². The predicted octanol–water partition coefficient (Wildman–Crippen LogP) is 1.26. The number of hydrogen-bond acceptors (Lipinski definition) is 8. The van der Waals surface area contributed by atoms with Gasteiger partial charge in [0.25, 0.3) is 7.82 Å². The van der Waals surface area contributed by atoms with Gasteiger partial charge in [-0.3, -0.25) is 8.88 Å².